The van der Waals surface area contributed by atoms with Crippen molar-refractivity contribution in [2.45, 2.75) is 32.6 Å². The number of hydrogen-bond donors (Lipinski definition) is 1. The van der Waals surface area contributed by atoms with Gasteiger partial charge in [-0.1, -0.05) is 35.5 Å². The topological polar surface area (TPSA) is 58.6 Å². The first-order chi connectivity index (χ1) is 15.9. The summed E-state index contributed by atoms with van der Waals surface area (Å²) in [6, 6.07) is 20.8. The molecule has 4 rings (SSSR count). The second kappa shape index (κ2) is 9.55. The third-order valence-electron chi connectivity index (χ3n) is 5.46. The Morgan fingerprint density at radius 1 is 0.848 bits per heavy atom. The number of carbonyl (C=O) groups excluding carboxylic acids is 2. The highest BCUT2D eigenvalue weighted by Crippen LogP contribution is 2.38. The maximum atomic E-state index is 13.5. The van der Waals surface area contributed by atoms with Gasteiger partial charge in [0.1, 0.15) is 16.4 Å². The first kappa shape index (κ1) is 22.7. The minimum atomic E-state index is -0.378. The quantitative estimate of drug-likeness (QED) is 0.440. The second-order valence-corrected chi connectivity index (χ2v) is 9.00. The molecule has 0 bridgehead atoms. The van der Waals surface area contributed by atoms with Crippen molar-refractivity contribution in [3.05, 3.63) is 94.0 Å². The minimum absolute atomic E-state index is 0.280. The maximum Gasteiger partial charge on any atom is 0.283 e. The van der Waals surface area contributed by atoms with Crippen LogP contribution < -0.4 is 15.0 Å². The fourth-order valence-corrected chi connectivity index (χ4v) is 4.42. The molecule has 1 aliphatic heterocycles. The molecule has 1 heterocycles. The van der Waals surface area contributed by atoms with Gasteiger partial charge < -0.3 is 10.1 Å². The van der Waals surface area contributed by atoms with Gasteiger partial charge in [-0.25, -0.2) is 4.90 Å². The van der Waals surface area contributed by atoms with E-state index in [1.807, 2.05) is 70.2 Å². The first-order valence-corrected chi connectivity index (χ1v) is 11.6. The van der Waals surface area contributed by atoms with E-state index >= 15 is 0 Å². The van der Waals surface area contributed by atoms with Crippen molar-refractivity contribution in [3.63, 3.8) is 0 Å². The monoisotopic (exact) mass is 458 g/mol. The molecule has 6 heteroatoms. The summed E-state index contributed by atoms with van der Waals surface area (Å²) in [5.41, 5.74) is 4.95. The van der Waals surface area contributed by atoms with Crippen LogP contribution in [0.2, 0.25) is 0 Å². The Balaban J connectivity index is 1.71. The Morgan fingerprint density at radius 3 is 2.18 bits per heavy atom. The van der Waals surface area contributed by atoms with Gasteiger partial charge in [-0.3, -0.25) is 9.59 Å². The standard InChI is InChI=1S/C27H26N2O3S/c1-5-32-22-12-10-21(11-13-22)29-26(30)24(28-20-9-8-18(3)19(4)16-20)25(27(29)31)33-23-14-6-17(2)7-15-23/h6-16,28H,5H2,1-4H3. The Kier molecular flexibility index (Phi) is 6.56. The Morgan fingerprint density at radius 2 is 1.55 bits per heavy atom. The number of anilines is 2. The van der Waals surface area contributed by atoms with E-state index in [1.165, 1.54) is 16.7 Å². The summed E-state index contributed by atoms with van der Waals surface area (Å²) in [4.78, 5) is 29.4. The highest BCUT2D eigenvalue weighted by molar-refractivity contribution is 8.04. The van der Waals surface area contributed by atoms with Gasteiger partial charge in [0, 0.05) is 10.6 Å². The minimum Gasteiger partial charge on any atom is -0.494 e. The third kappa shape index (κ3) is 4.81. The lowest BCUT2D eigenvalue weighted by Gasteiger charge is -2.16. The van der Waals surface area contributed by atoms with E-state index in [4.69, 9.17) is 4.74 Å². The van der Waals surface area contributed by atoms with Crippen molar-refractivity contribution in [3.8, 4) is 5.75 Å². The van der Waals surface area contributed by atoms with E-state index in [-0.39, 0.29) is 17.5 Å². The number of rotatable bonds is 7. The van der Waals surface area contributed by atoms with E-state index in [0.29, 0.717) is 22.9 Å². The van der Waals surface area contributed by atoms with E-state index < -0.39 is 0 Å². The van der Waals surface area contributed by atoms with Crippen LogP contribution in [0.1, 0.15) is 23.6 Å². The first-order valence-electron chi connectivity index (χ1n) is 10.8. The molecule has 3 aromatic carbocycles. The molecule has 2 amide bonds. The van der Waals surface area contributed by atoms with E-state index in [9.17, 15) is 9.59 Å². The zero-order valence-electron chi connectivity index (χ0n) is 19.1. The second-order valence-electron chi connectivity index (χ2n) is 7.92. The summed E-state index contributed by atoms with van der Waals surface area (Å²) in [5.74, 6) is -0.0332. The lowest BCUT2D eigenvalue weighted by atomic mass is 10.1. The molecule has 0 spiro atoms. The average Bonchev–Trinajstić information content (AvgIpc) is 3.02. The number of nitrogens with zero attached hydrogens (tertiary/aromatic N) is 1. The Labute approximate surface area is 198 Å². The Hall–Kier alpha value is -3.51. The smallest absolute Gasteiger partial charge is 0.283 e. The van der Waals surface area contributed by atoms with E-state index in [1.54, 1.807) is 24.3 Å². The molecule has 5 nitrogen and oxygen atoms in total. The van der Waals surface area contributed by atoms with Gasteiger partial charge in [0.2, 0.25) is 0 Å². The molecule has 0 aliphatic carbocycles. The Bertz CT molecular complexity index is 1230. The molecule has 0 unspecified atom stereocenters. The van der Waals surface area contributed by atoms with Crippen LogP contribution in [0.5, 0.6) is 5.75 Å². The summed E-state index contributed by atoms with van der Waals surface area (Å²) in [7, 11) is 0. The fourth-order valence-electron chi connectivity index (χ4n) is 3.49. The number of carbonyl (C=O) groups is 2. The SMILES string of the molecule is CCOc1ccc(N2C(=O)C(Nc3ccc(C)c(C)c3)=C(Sc3ccc(C)cc3)C2=O)cc1. The van der Waals surface area contributed by atoms with Crippen LogP contribution in [0.4, 0.5) is 11.4 Å². The van der Waals surface area contributed by atoms with E-state index in [2.05, 4.69) is 5.32 Å². The highest BCUT2D eigenvalue weighted by Gasteiger charge is 2.40. The molecule has 0 saturated carbocycles. The van der Waals surface area contributed by atoms with Gasteiger partial charge >= 0.3 is 0 Å². The highest BCUT2D eigenvalue weighted by atomic mass is 32.2. The molecule has 1 aliphatic rings. The summed E-state index contributed by atoms with van der Waals surface area (Å²) >= 11 is 1.30. The average molecular weight is 459 g/mol. The number of amides is 2. The van der Waals surface area contributed by atoms with E-state index in [0.717, 1.165) is 27.3 Å². The predicted molar refractivity (Wildman–Crippen MR) is 134 cm³/mol. The molecule has 168 valence electrons. The normalized spacial score (nSPS) is 13.6. The maximum absolute atomic E-state index is 13.5. The van der Waals surface area contributed by atoms with Crippen molar-refractivity contribution in [1.82, 2.24) is 0 Å². The van der Waals surface area contributed by atoms with Gasteiger partial charge in [0.15, 0.2) is 0 Å². The number of nitrogens with one attached hydrogen (secondary N) is 1. The van der Waals surface area contributed by atoms with Gasteiger partial charge in [-0.05, 0) is 87.4 Å². The predicted octanol–water partition coefficient (Wildman–Crippen LogP) is 6.00. The van der Waals surface area contributed by atoms with Crippen LogP contribution in [0, 0.1) is 20.8 Å². The molecular formula is C27H26N2O3S. The molecule has 0 radical (unpaired) electrons. The number of imide groups is 1. The van der Waals surface area contributed by atoms with Crippen LogP contribution >= 0.6 is 11.8 Å². The van der Waals surface area contributed by atoms with Crippen LogP contribution in [-0.4, -0.2) is 18.4 Å². The van der Waals surface area contributed by atoms with Gasteiger partial charge in [-0.15, -0.1) is 0 Å². The van der Waals surface area contributed by atoms with Gasteiger partial charge in [0.25, 0.3) is 11.8 Å². The van der Waals surface area contributed by atoms with Gasteiger partial charge in [0.05, 0.1) is 12.3 Å². The molecule has 0 aromatic heterocycles. The number of benzene rings is 3. The largest absolute Gasteiger partial charge is 0.494 e. The lowest BCUT2D eigenvalue weighted by molar-refractivity contribution is -0.120. The van der Waals surface area contributed by atoms with Crippen molar-refractivity contribution < 1.29 is 14.3 Å². The molecular weight excluding hydrogens is 432 g/mol. The zero-order chi connectivity index (χ0) is 23.5. The molecule has 0 saturated heterocycles. The molecule has 0 fully saturated rings. The van der Waals surface area contributed by atoms with Gasteiger partial charge in [-0.2, -0.15) is 0 Å². The summed E-state index contributed by atoms with van der Waals surface area (Å²) in [5, 5.41) is 3.22. The zero-order valence-corrected chi connectivity index (χ0v) is 20.0. The molecule has 0 atom stereocenters. The third-order valence-corrected chi connectivity index (χ3v) is 6.56. The molecule has 3 aromatic rings. The molecule has 1 N–H and O–H groups in total. The summed E-state index contributed by atoms with van der Waals surface area (Å²) < 4.78 is 5.49. The fraction of sp³-hybridized carbons (Fsp3) is 0.185. The van der Waals surface area contributed by atoms with Crippen LogP contribution in [-0.2, 0) is 9.59 Å². The number of thioether (sulfide) groups is 1. The van der Waals surface area contributed by atoms with Crippen LogP contribution in [0.25, 0.3) is 0 Å². The van der Waals surface area contributed by atoms with Crippen molar-refractivity contribution in [1.29, 1.82) is 0 Å². The molecule has 33 heavy (non-hydrogen) atoms. The lowest BCUT2D eigenvalue weighted by Crippen LogP contribution is -2.32. The van der Waals surface area contributed by atoms with Crippen LogP contribution in [0.15, 0.2) is 82.2 Å². The van der Waals surface area contributed by atoms with Crippen molar-refractivity contribution in [2.75, 3.05) is 16.8 Å². The van der Waals surface area contributed by atoms with Crippen molar-refractivity contribution in [2.24, 2.45) is 0 Å². The summed E-state index contributed by atoms with van der Waals surface area (Å²) in [6.45, 7) is 8.52. The number of hydrogen-bond acceptors (Lipinski definition) is 5. The number of ether oxygens (including phenoxy) is 1. The van der Waals surface area contributed by atoms with Crippen molar-refractivity contribution >= 4 is 35.0 Å². The number of aryl methyl sites for hydroxylation is 3. The van der Waals surface area contributed by atoms with Crippen LogP contribution in [0.3, 0.4) is 0 Å². The summed E-state index contributed by atoms with van der Waals surface area (Å²) in [6.07, 6.45) is 0.